The molecule has 2 aromatic heterocycles. The van der Waals surface area contributed by atoms with Crippen molar-refractivity contribution in [3.05, 3.63) is 114 Å². The summed E-state index contributed by atoms with van der Waals surface area (Å²) in [6, 6.07) is 25.3. The minimum absolute atomic E-state index is 0.311. The molecule has 186 valence electrons. The summed E-state index contributed by atoms with van der Waals surface area (Å²) in [5.41, 5.74) is 9.34. The van der Waals surface area contributed by atoms with Crippen molar-refractivity contribution in [1.82, 2.24) is 15.3 Å². The van der Waals surface area contributed by atoms with Crippen LogP contribution in [0.15, 0.2) is 97.2 Å². The Morgan fingerprint density at radius 1 is 0.973 bits per heavy atom. The molecule has 0 fully saturated rings. The van der Waals surface area contributed by atoms with Crippen molar-refractivity contribution < 1.29 is 19.0 Å². The number of nitrogens with one attached hydrogen (secondary N) is 2. The molecule has 2 atom stereocenters. The Morgan fingerprint density at radius 3 is 2.41 bits per heavy atom. The van der Waals surface area contributed by atoms with E-state index in [0.29, 0.717) is 29.3 Å². The van der Waals surface area contributed by atoms with Crippen LogP contribution in [0.4, 0.5) is 4.39 Å². The fraction of sp³-hybridized carbons (Fsp3) is 0.103. The molecule has 0 aliphatic rings. The molecule has 5 rings (SSSR count). The summed E-state index contributed by atoms with van der Waals surface area (Å²) in [6.07, 6.45) is 0.950. The molecule has 2 unspecified atom stereocenters. The van der Waals surface area contributed by atoms with Crippen molar-refractivity contribution in [2.45, 2.75) is 18.7 Å². The molecule has 0 saturated carbocycles. The van der Waals surface area contributed by atoms with E-state index < -0.39 is 18.2 Å². The van der Waals surface area contributed by atoms with Crippen molar-refractivity contribution in [2.24, 2.45) is 5.73 Å². The predicted octanol–water partition coefficient (Wildman–Crippen LogP) is 4.84. The number of ether oxygens (including phenoxy) is 1. The molecular formula is C29H25FN4O3. The zero-order valence-electron chi connectivity index (χ0n) is 19.8. The number of aliphatic hydroxyl groups is 1. The van der Waals surface area contributed by atoms with Crippen LogP contribution in [0.25, 0.3) is 22.2 Å². The lowest BCUT2D eigenvalue weighted by Gasteiger charge is -2.20. The van der Waals surface area contributed by atoms with Crippen molar-refractivity contribution in [3.8, 4) is 22.8 Å². The highest BCUT2D eigenvalue weighted by Gasteiger charge is 2.22. The lowest BCUT2D eigenvalue weighted by molar-refractivity contribution is -0.121. The third-order valence-electron chi connectivity index (χ3n) is 6.05. The minimum atomic E-state index is -1.20. The standard InChI is InChI=1S/C29H25FN4O3/c30-20-10-14-22(15-11-20)37-21-12-8-18(9-13-21)24-6-3-7-26(33-24)29(36)34-27(28(31)35)16-19-17-32-25-5-2-1-4-23(19)25/h1-15,17,27,29,32,34,36H,16H2,(H2,31,35). The molecule has 5 aromatic rings. The van der Waals surface area contributed by atoms with Crippen molar-refractivity contribution in [3.63, 3.8) is 0 Å². The van der Waals surface area contributed by atoms with Gasteiger partial charge in [-0.2, -0.15) is 0 Å². The number of aromatic nitrogens is 2. The number of aromatic amines is 1. The number of nitrogens with two attached hydrogens (primary N) is 1. The topological polar surface area (TPSA) is 113 Å². The first-order chi connectivity index (χ1) is 18.0. The fourth-order valence-corrected chi connectivity index (χ4v) is 4.13. The second kappa shape index (κ2) is 10.6. The monoisotopic (exact) mass is 496 g/mol. The van der Waals surface area contributed by atoms with Gasteiger partial charge in [0.25, 0.3) is 0 Å². The number of pyridine rings is 1. The number of hydrogen-bond donors (Lipinski definition) is 4. The molecule has 7 nitrogen and oxygen atoms in total. The van der Waals surface area contributed by atoms with Gasteiger partial charge in [-0.25, -0.2) is 9.37 Å². The highest BCUT2D eigenvalue weighted by Crippen LogP contribution is 2.26. The number of para-hydroxylation sites is 1. The number of benzene rings is 3. The number of fused-ring (bicyclic) bond motifs is 1. The zero-order valence-corrected chi connectivity index (χ0v) is 19.8. The summed E-state index contributed by atoms with van der Waals surface area (Å²) in [7, 11) is 0. The molecule has 1 amide bonds. The van der Waals surface area contributed by atoms with Crippen LogP contribution in [0.2, 0.25) is 0 Å². The molecule has 3 aromatic carbocycles. The van der Waals surface area contributed by atoms with E-state index in [2.05, 4.69) is 15.3 Å². The van der Waals surface area contributed by atoms with Gasteiger partial charge in [0, 0.05) is 22.7 Å². The van der Waals surface area contributed by atoms with Gasteiger partial charge in [-0.3, -0.25) is 10.1 Å². The van der Waals surface area contributed by atoms with E-state index in [1.807, 2.05) is 48.7 Å². The summed E-state index contributed by atoms with van der Waals surface area (Å²) < 4.78 is 18.8. The van der Waals surface area contributed by atoms with Gasteiger partial charge >= 0.3 is 0 Å². The third kappa shape index (κ3) is 5.66. The molecule has 0 aliphatic carbocycles. The molecule has 0 aliphatic heterocycles. The molecule has 0 radical (unpaired) electrons. The van der Waals surface area contributed by atoms with Crippen LogP contribution in [0.5, 0.6) is 11.5 Å². The van der Waals surface area contributed by atoms with Gasteiger partial charge in [-0.05, 0) is 78.7 Å². The lowest BCUT2D eigenvalue weighted by Crippen LogP contribution is -2.44. The highest BCUT2D eigenvalue weighted by molar-refractivity contribution is 5.85. The molecule has 0 saturated heterocycles. The molecular weight excluding hydrogens is 471 g/mol. The molecule has 5 N–H and O–H groups in total. The maximum Gasteiger partial charge on any atom is 0.234 e. The number of aliphatic hydroxyl groups excluding tert-OH is 1. The number of nitrogens with zero attached hydrogens (tertiary/aromatic N) is 1. The van der Waals surface area contributed by atoms with Crippen LogP contribution in [0.3, 0.4) is 0 Å². The first-order valence-corrected chi connectivity index (χ1v) is 11.8. The zero-order chi connectivity index (χ0) is 25.8. The Morgan fingerprint density at radius 2 is 1.68 bits per heavy atom. The van der Waals surface area contributed by atoms with E-state index >= 15 is 0 Å². The Hall–Kier alpha value is -4.53. The third-order valence-corrected chi connectivity index (χ3v) is 6.05. The van der Waals surface area contributed by atoms with Crippen LogP contribution in [0, 0.1) is 5.82 Å². The number of H-pyrrole nitrogens is 1. The molecule has 8 heteroatoms. The average Bonchev–Trinajstić information content (AvgIpc) is 3.33. The van der Waals surface area contributed by atoms with Crippen LogP contribution in [-0.4, -0.2) is 27.0 Å². The highest BCUT2D eigenvalue weighted by atomic mass is 19.1. The van der Waals surface area contributed by atoms with Crippen molar-refractivity contribution in [1.29, 1.82) is 0 Å². The number of carbonyl (C=O) groups excluding carboxylic acids is 1. The molecule has 0 bridgehead atoms. The van der Waals surface area contributed by atoms with Crippen LogP contribution >= 0.6 is 0 Å². The molecule has 0 spiro atoms. The first kappa shape index (κ1) is 24.2. The maximum atomic E-state index is 13.1. The summed E-state index contributed by atoms with van der Waals surface area (Å²) in [4.78, 5) is 19.9. The van der Waals surface area contributed by atoms with Gasteiger partial charge < -0.3 is 20.6 Å². The van der Waals surface area contributed by atoms with E-state index in [-0.39, 0.29) is 5.82 Å². The molecule has 37 heavy (non-hydrogen) atoms. The average molecular weight is 497 g/mol. The largest absolute Gasteiger partial charge is 0.457 e. The first-order valence-electron chi connectivity index (χ1n) is 11.8. The normalized spacial score (nSPS) is 12.8. The van der Waals surface area contributed by atoms with Crippen LogP contribution in [-0.2, 0) is 11.2 Å². The SMILES string of the molecule is NC(=O)C(Cc1c[nH]c2ccccc12)NC(O)c1cccc(-c2ccc(Oc3ccc(F)cc3)cc2)n1. The summed E-state index contributed by atoms with van der Waals surface area (Å²) in [5.74, 6) is 0.220. The van der Waals surface area contributed by atoms with E-state index in [9.17, 15) is 14.3 Å². The van der Waals surface area contributed by atoms with Crippen LogP contribution in [0.1, 0.15) is 17.5 Å². The summed E-state index contributed by atoms with van der Waals surface area (Å²) in [5, 5.41) is 14.8. The van der Waals surface area contributed by atoms with E-state index in [1.165, 1.54) is 12.1 Å². The number of amides is 1. The van der Waals surface area contributed by atoms with E-state index in [1.54, 1.807) is 36.4 Å². The number of primary amides is 1. The van der Waals surface area contributed by atoms with Crippen molar-refractivity contribution in [2.75, 3.05) is 0 Å². The van der Waals surface area contributed by atoms with Gasteiger partial charge in [0.15, 0.2) is 0 Å². The Bertz CT molecular complexity index is 1520. The van der Waals surface area contributed by atoms with Gasteiger partial charge in [-0.1, -0.05) is 24.3 Å². The van der Waals surface area contributed by atoms with Gasteiger partial charge in [0.05, 0.1) is 17.4 Å². The second-order valence-electron chi connectivity index (χ2n) is 8.62. The van der Waals surface area contributed by atoms with Gasteiger partial charge in [0.2, 0.25) is 5.91 Å². The van der Waals surface area contributed by atoms with Gasteiger partial charge in [0.1, 0.15) is 23.5 Å². The smallest absolute Gasteiger partial charge is 0.234 e. The number of halogens is 1. The number of carbonyl (C=O) groups is 1. The van der Waals surface area contributed by atoms with Crippen molar-refractivity contribution >= 4 is 16.8 Å². The quantitative estimate of drug-likeness (QED) is 0.218. The number of rotatable bonds is 9. The number of hydrogen-bond acceptors (Lipinski definition) is 5. The van der Waals surface area contributed by atoms with Gasteiger partial charge in [-0.15, -0.1) is 0 Å². The fourth-order valence-electron chi connectivity index (χ4n) is 4.13. The molecule has 2 heterocycles. The summed E-state index contributed by atoms with van der Waals surface area (Å²) >= 11 is 0. The van der Waals surface area contributed by atoms with Crippen LogP contribution < -0.4 is 15.8 Å². The lowest BCUT2D eigenvalue weighted by atomic mass is 10.0. The Kier molecular flexibility index (Phi) is 6.93. The Balaban J connectivity index is 1.29. The van der Waals surface area contributed by atoms with E-state index in [4.69, 9.17) is 10.5 Å². The Labute approximate surface area is 212 Å². The second-order valence-corrected chi connectivity index (χ2v) is 8.62. The maximum absolute atomic E-state index is 13.1. The minimum Gasteiger partial charge on any atom is -0.457 e. The summed E-state index contributed by atoms with van der Waals surface area (Å²) in [6.45, 7) is 0. The van der Waals surface area contributed by atoms with E-state index in [0.717, 1.165) is 22.0 Å². The predicted molar refractivity (Wildman–Crippen MR) is 139 cm³/mol.